The first kappa shape index (κ1) is 15.4. The number of aromatic nitrogens is 3. The van der Waals surface area contributed by atoms with Crippen molar-refractivity contribution in [2.24, 2.45) is 7.05 Å². The van der Waals surface area contributed by atoms with Gasteiger partial charge in [-0.1, -0.05) is 0 Å². The van der Waals surface area contributed by atoms with Gasteiger partial charge in [0, 0.05) is 13.6 Å². The van der Waals surface area contributed by atoms with Gasteiger partial charge in [-0.3, -0.25) is 4.79 Å². The zero-order chi connectivity index (χ0) is 16.4. The largest absolute Gasteiger partial charge is 0.496 e. The molecular formula is C15H17FN4O3. The van der Waals surface area contributed by atoms with Crippen molar-refractivity contribution in [1.82, 2.24) is 19.7 Å². The third-order valence-electron chi connectivity index (χ3n) is 3.78. The average Bonchev–Trinajstić information content (AvgIpc) is 3.00. The number of aryl methyl sites for hydroxylation is 1. The normalized spacial score (nSPS) is 18.0. The molecule has 7 nitrogen and oxygen atoms in total. The zero-order valence-corrected chi connectivity index (χ0v) is 12.9. The molecule has 2 aromatic rings. The van der Waals surface area contributed by atoms with Gasteiger partial charge in [-0.15, -0.1) is 10.2 Å². The molecule has 0 spiro atoms. The van der Waals surface area contributed by atoms with Crippen molar-refractivity contribution in [2.45, 2.75) is 6.10 Å². The van der Waals surface area contributed by atoms with E-state index in [0.29, 0.717) is 31.3 Å². The Morgan fingerprint density at radius 3 is 3.00 bits per heavy atom. The minimum absolute atomic E-state index is 0.200. The van der Waals surface area contributed by atoms with E-state index in [0.717, 1.165) is 0 Å². The Morgan fingerprint density at radius 2 is 2.30 bits per heavy atom. The van der Waals surface area contributed by atoms with Crippen molar-refractivity contribution >= 4 is 5.91 Å². The van der Waals surface area contributed by atoms with Gasteiger partial charge in [0.05, 0.1) is 25.8 Å². The summed E-state index contributed by atoms with van der Waals surface area (Å²) in [7, 11) is 3.26. The summed E-state index contributed by atoms with van der Waals surface area (Å²) in [6, 6.07) is 3.90. The molecule has 1 unspecified atom stereocenters. The Hall–Kier alpha value is -2.48. The molecule has 0 bridgehead atoms. The molecule has 122 valence electrons. The lowest BCUT2D eigenvalue weighted by Gasteiger charge is -2.32. The third-order valence-corrected chi connectivity index (χ3v) is 3.78. The Bertz CT molecular complexity index is 718. The molecule has 0 N–H and O–H groups in total. The molecule has 1 amide bonds. The summed E-state index contributed by atoms with van der Waals surface area (Å²) >= 11 is 0. The molecule has 23 heavy (non-hydrogen) atoms. The van der Waals surface area contributed by atoms with Crippen LogP contribution in [0.15, 0.2) is 24.5 Å². The predicted octanol–water partition coefficient (Wildman–Crippen LogP) is 1.18. The summed E-state index contributed by atoms with van der Waals surface area (Å²) in [5, 5.41) is 7.84. The van der Waals surface area contributed by atoms with E-state index in [9.17, 15) is 9.18 Å². The summed E-state index contributed by atoms with van der Waals surface area (Å²) in [6.45, 7) is 1.12. The Labute approximate surface area is 132 Å². The van der Waals surface area contributed by atoms with E-state index in [4.69, 9.17) is 9.47 Å². The fourth-order valence-electron chi connectivity index (χ4n) is 2.59. The smallest absolute Gasteiger partial charge is 0.257 e. The maximum Gasteiger partial charge on any atom is 0.257 e. The molecule has 1 aromatic heterocycles. The minimum Gasteiger partial charge on any atom is -0.496 e. The average molecular weight is 320 g/mol. The molecule has 0 aliphatic carbocycles. The molecule has 1 saturated heterocycles. The molecule has 1 atom stereocenters. The minimum atomic E-state index is -0.479. The molecule has 1 aliphatic heterocycles. The van der Waals surface area contributed by atoms with Gasteiger partial charge in [0.1, 0.15) is 24.0 Å². The van der Waals surface area contributed by atoms with Crippen molar-refractivity contribution < 1.29 is 18.7 Å². The summed E-state index contributed by atoms with van der Waals surface area (Å²) in [4.78, 5) is 14.3. The Balaban J connectivity index is 1.83. The number of amides is 1. The van der Waals surface area contributed by atoms with Gasteiger partial charge in [0.15, 0.2) is 5.82 Å². The summed E-state index contributed by atoms with van der Waals surface area (Å²) < 4.78 is 26.1. The molecule has 2 heterocycles. The van der Waals surface area contributed by atoms with Crippen molar-refractivity contribution in [3.05, 3.63) is 41.7 Å². The highest BCUT2D eigenvalue weighted by Gasteiger charge is 2.30. The van der Waals surface area contributed by atoms with Crippen molar-refractivity contribution in [3.8, 4) is 5.75 Å². The molecule has 1 fully saturated rings. The van der Waals surface area contributed by atoms with Crippen LogP contribution in [-0.4, -0.2) is 52.4 Å². The highest BCUT2D eigenvalue weighted by molar-refractivity contribution is 5.97. The highest BCUT2D eigenvalue weighted by Crippen LogP contribution is 2.25. The van der Waals surface area contributed by atoms with E-state index >= 15 is 0 Å². The Morgan fingerprint density at radius 1 is 1.48 bits per heavy atom. The van der Waals surface area contributed by atoms with Crippen LogP contribution in [0.2, 0.25) is 0 Å². The van der Waals surface area contributed by atoms with Crippen LogP contribution in [0.25, 0.3) is 0 Å². The van der Waals surface area contributed by atoms with Gasteiger partial charge in [-0.25, -0.2) is 4.39 Å². The number of carbonyl (C=O) groups excluding carboxylic acids is 1. The van der Waals surface area contributed by atoms with E-state index in [1.165, 1.54) is 25.3 Å². The number of rotatable bonds is 3. The van der Waals surface area contributed by atoms with Crippen LogP contribution < -0.4 is 4.74 Å². The fraction of sp³-hybridized carbons (Fsp3) is 0.400. The SMILES string of the molecule is COc1ccc(F)cc1C(=O)N1CCOC(c2nncn2C)C1. The van der Waals surface area contributed by atoms with E-state index < -0.39 is 5.82 Å². The van der Waals surface area contributed by atoms with Gasteiger partial charge in [-0.2, -0.15) is 0 Å². The second-order valence-electron chi connectivity index (χ2n) is 5.26. The maximum absolute atomic E-state index is 13.5. The van der Waals surface area contributed by atoms with Gasteiger partial charge < -0.3 is 18.9 Å². The lowest BCUT2D eigenvalue weighted by molar-refractivity contribution is -0.0281. The first-order valence-electron chi connectivity index (χ1n) is 7.18. The Kier molecular flexibility index (Phi) is 4.24. The van der Waals surface area contributed by atoms with Crippen LogP contribution >= 0.6 is 0 Å². The van der Waals surface area contributed by atoms with Crippen LogP contribution in [0.4, 0.5) is 4.39 Å². The van der Waals surface area contributed by atoms with Crippen molar-refractivity contribution in [1.29, 1.82) is 0 Å². The third kappa shape index (κ3) is 3.02. The van der Waals surface area contributed by atoms with E-state index in [1.54, 1.807) is 15.8 Å². The summed E-state index contributed by atoms with van der Waals surface area (Å²) in [5.74, 6) is 0.218. The number of hydrogen-bond acceptors (Lipinski definition) is 5. The molecule has 3 rings (SSSR count). The molecule has 1 aliphatic rings. The number of carbonyl (C=O) groups is 1. The van der Waals surface area contributed by atoms with E-state index in [2.05, 4.69) is 10.2 Å². The highest BCUT2D eigenvalue weighted by atomic mass is 19.1. The molecule has 1 aromatic carbocycles. The molecular weight excluding hydrogens is 303 g/mol. The molecule has 8 heteroatoms. The predicted molar refractivity (Wildman–Crippen MR) is 78.6 cm³/mol. The molecule has 0 saturated carbocycles. The first-order valence-corrected chi connectivity index (χ1v) is 7.18. The lowest BCUT2D eigenvalue weighted by Crippen LogP contribution is -2.43. The summed E-state index contributed by atoms with van der Waals surface area (Å²) in [5.41, 5.74) is 0.200. The van der Waals surface area contributed by atoms with Gasteiger partial charge in [0.2, 0.25) is 0 Å². The van der Waals surface area contributed by atoms with E-state index in [-0.39, 0.29) is 17.6 Å². The van der Waals surface area contributed by atoms with E-state index in [1.807, 2.05) is 7.05 Å². The second kappa shape index (κ2) is 6.33. The van der Waals surface area contributed by atoms with Crippen LogP contribution in [-0.2, 0) is 11.8 Å². The number of hydrogen-bond donors (Lipinski definition) is 0. The van der Waals surface area contributed by atoms with Gasteiger partial charge >= 0.3 is 0 Å². The van der Waals surface area contributed by atoms with Gasteiger partial charge in [-0.05, 0) is 18.2 Å². The fourth-order valence-corrected chi connectivity index (χ4v) is 2.59. The zero-order valence-electron chi connectivity index (χ0n) is 12.9. The second-order valence-corrected chi connectivity index (χ2v) is 5.26. The maximum atomic E-state index is 13.5. The number of ether oxygens (including phenoxy) is 2. The summed E-state index contributed by atoms with van der Waals surface area (Å²) in [6.07, 6.45) is 1.22. The number of benzene rings is 1. The standard InChI is InChI=1S/C15H17FN4O3/c1-19-9-17-18-14(19)13-8-20(5-6-23-13)15(21)11-7-10(16)3-4-12(11)22-2/h3-4,7,9,13H,5-6,8H2,1-2H3. The van der Waals surface area contributed by atoms with Crippen LogP contribution in [0.5, 0.6) is 5.75 Å². The monoisotopic (exact) mass is 320 g/mol. The van der Waals surface area contributed by atoms with Crippen LogP contribution in [0.3, 0.4) is 0 Å². The van der Waals surface area contributed by atoms with Crippen LogP contribution in [0, 0.1) is 5.82 Å². The van der Waals surface area contributed by atoms with Crippen molar-refractivity contribution in [2.75, 3.05) is 26.8 Å². The number of nitrogens with zero attached hydrogens (tertiary/aromatic N) is 4. The topological polar surface area (TPSA) is 69.5 Å². The quantitative estimate of drug-likeness (QED) is 0.849. The first-order chi connectivity index (χ1) is 11.1. The van der Waals surface area contributed by atoms with Crippen LogP contribution in [0.1, 0.15) is 22.3 Å². The number of morpholine rings is 1. The number of halogens is 1. The van der Waals surface area contributed by atoms with Crippen molar-refractivity contribution in [3.63, 3.8) is 0 Å². The molecule has 0 radical (unpaired) electrons. The lowest BCUT2D eigenvalue weighted by atomic mass is 10.1. The number of methoxy groups -OCH3 is 1. The van der Waals surface area contributed by atoms with Gasteiger partial charge in [0.25, 0.3) is 5.91 Å².